The standard InChI is InChI=1S/C27H50O11/c1-16(2)13-11-9-7-5-3-4-6-8-10-12-14-18(29)37-25-22(33)20(31)21(32)23(34)26(25)38-27-24(35)19(30)17(28)15-36-27/h16-17,19-28,30-35H,3-15H2,1-2H3/t17-,19+,20+,21+,22-,23-,24+,25-,26+,27+/m1/s1. The van der Waals surface area contributed by atoms with E-state index >= 15 is 0 Å². The largest absolute Gasteiger partial charge is 0.457 e. The summed E-state index contributed by atoms with van der Waals surface area (Å²) in [6, 6.07) is 0. The Morgan fingerprint density at radius 2 is 1.18 bits per heavy atom. The maximum Gasteiger partial charge on any atom is 0.306 e. The molecule has 0 amide bonds. The van der Waals surface area contributed by atoms with Crippen LogP contribution >= 0.6 is 0 Å². The van der Waals surface area contributed by atoms with Crippen molar-refractivity contribution < 1.29 is 54.8 Å². The Bertz CT molecular complexity index is 663. The first-order chi connectivity index (χ1) is 18.0. The number of carbonyl (C=O) groups is 1. The molecule has 2 fully saturated rings. The first kappa shape index (κ1) is 33.3. The Balaban J connectivity index is 1.73. The molecule has 0 unspecified atom stereocenters. The molecule has 0 aromatic rings. The minimum Gasteiger partial charge on any atom is -0.457 e. The van der Waals surface area contributed by atoms with Gasteiger partial charge in [0.25, 0.3) is 0 Å². The molecular weight excluding hydrogens is 500 g/mol. The van der Waals surface area contributed by atoms with Crippen molar-refractivity contribution in [1.29, 1.82) is 0 Å². The van der Waals surface area contributed by atoms with Gasteiger partial charge in [-0.2, -0.15) is 0 Å². The van der Waals surface area contributed by atoms with Crippen molar-refractivity contribution in [2.75, 3.05) is 6.61 Å². The van der Waals surface area contributed by atoms with Gasteiger partial charge in [-0.1, -0.05) is 78.1 Å². The van der Waals surface area contributed by atoms with Gasteiger partial charge in [-0.05, 0) is 12.3 Å². The molecule has 2 aliphatic rings. The molecule has 1 aliphatic carbocycles. The fourth-order valence-electron chi connectivity index (χ4n) is 4.98. The Morgan fingerprint density at radius 1 is 0.684 bits per heavy atom. The molecule has 0 aromatic heterocycles. The summed E-state index contributed by atoms with van der Waals surface area (Å²) in [6.45, 7) is 4.13. The number of aliphatic hydroxyl groups excluding tert-OH is 7. The molecule has 0 spiro atoms. The summed E-state index contributed by atoms with van der Waals surface area (Å²) in [5.74, 6) is 0.109. The van der Waals surface area contributed by atoms with Crippen LogP contribution in [0, 0.1) is 5.92 Å². The molecule has 11 nitrogen and oxygen atoms in total. The van der Waals surface area contributed by atoms with Gasteiger partial charge in [-0.3, -0.25) is 4.79 Å². The fraction of sp³-hybridized carbons (Fsp3) is 0.963. The van der Waals surface area contributed by atoms with Crippen LogP contribution < -0.4 is 0 Å². The fourth-order valence-corrected chi connectivity index (χ4v) is 4.98. The molecule has 1 saturated carbocycles. The zero-order valence-electron chi connectivity index (χ0n) is 22.8. The summed E-state index contributed by atoms with van der Waals surface area (Å²) in [7, 11) is 0. The van der Waals surface area contributed by atoms with E-state index < -0.39 is 67.2 Å². The third-order valence-electron chi connectivity index (χ3n) is 7.47. The number of carbonyl (C=O) groups excluding carboxylic acids is 1. The molecule has 0 radical (unpaired) electrons. The van der Waals surface area contributed by atoms with Gasteiger partial charge in [-0.25, -0.2) is 0 Å². The van der Waals surface area contributed by atoms with Crippen molar-refractivity contribution in [3.8, 4) is 0 Å². The Morgan fingerprint density at radius 3 is 1.74 bits per heavy atom. The number of ether oxygens (including phenoxy) is 3. The van der Waals surface area contributed by atoms with Crippen molar-refractivity contribution >= 4 is 5.97 Å². The van der Waals surface area contributed by atoms with E-state index in [1.807, 2.05) is 0 Å². The van der Waals surface area contributed by atoms with Gasteiger partial charge in [0, 0.05) is 6.42 Å². The van der Waals surface area contributed by atoms with Crippen LogP contribution in [0.25, 0.3) is 0 Å². The van der Waals surface area contributed by atoms with Crippen LogP contribution in [0.1, 0.15) is 90.9 Å². The van der Waals surface area contributed by atoms with Crippen molar-refractivity contribution in [3.05, 3.63) is 0 Å². The maximum absolute atomic E-state index is 12.5. The predicted octanol–water partition coefficient (Wildman–Crippen LogP) is 0.517. The number of aliphatic hydroxyl groups is 7. The van der Waals surface area contributed by atoms with Crippen LogP contribution in [0.15, 0.2) is 0 Å². The lowest BCUT2D eigenvalue weighted by Crippen LogP contribution is -2.67. The van der Waals surface area contributed by atoms with Crippen molar-refractivity contribution in [3.63, 3.8) is 0 Å². The van der Waals surface area contributed by atoms with E-state index in [9.17, 15) is 40.5 Å². The van der Waals surface area contributed by atoms with Crippen molar-refractivity contribution in [1.82, 2.24) is 0 Å². The van der Waals surface area contributed by atoms with Crippen LogP contribution in [0.2, 0.25) is 0 Å². The number of hydrogen-bond donors (Lipinski definition) is 7. The van der Waals surface area contributed by atoms with E-state index in [-0.39, 0.29) is 13.0 Å². The molecule has 1 heterocycles. The van der Waals surface area contributed by atoms with Crippen LogP contribution in [0.3, 0.4) is 0 Å². The van der Waals surface area contributed by atoms with Crippen LogP contribution in [-0.2, 0) is 19.0 Å². The monoisotopic (exact) mass is 550 g/mol. The van der Waals surface area contributed by atoms with E-state index in [1.165, 1.54) is 44.9 Å². The molecule has 7 N–H and O–H groups in total. The summed E-state index contributed by atoms with van der Waals surface area (Å²) in [4.78, 5) is 12.5. The number of unbranched alkanes of at least 4 members (excludes halogenated alkanes) is 9. The summed E-state index contributed by atoms with van der Waals surface area (Å²) < 4.78 is 16.0. The minimum atomic E-state index is -1.82. The quantitative estimate of drug-likeness (QED) is 0.105. The highest BCUT2D eigenvalue weighted by atomic mass is 16.7. The summed E-state index contributed by atoms with van der Waals surface area (Å²) in [5, 5.41) is 70.7. The first-order valence-corrected chi connectivity index (χ1v) is 14.3. The minimum absolute atomic E-state index is 0.0635. The smallest absolute Gasteiger partial charge is 0.306 e. The maximum atomic E-state index is 12.5. The molecular formula is C27H50O11. The Hall–Kier alpha value is -0.890. The number of esters is 1. The summed E-state index contributed by atoms with van der Waals surface area (Å²) in [6.07, 6.45) is -4.11. The zero-order valence-corrected chi connectivity index (χ0v) is 22.8. The molecule has 10 atom stereocenters. The predicted molar refractivity (Wildman–Crippen MR) is 137 cm³/mol. The average Bonchev–Trinajstić information content (AvgIpc) is 2.88. The average molecular weight is 551 g/mol. The highest BCUT2D eigenvalue weighted by Crippen LogP contribution is 2.30. The zero-order chi connectivity index (χ0) is 28.2. The normalized spacial score (nSPS) is 35.9. The molecule has 224 valence electrons. The second kappa shape index (κ2) is 17.0. The van der Waals surface area contributed by atoms with Crippen LogP contribution in [-0.4, -0.2) is 110 Å². The summed E-state index contributed by atoms with van der Waals surface area (Å²) in [5.41, 5.74) is 0. The molecule has 2 rings (SSSR count). The lowest BCUT2D eigenvalue weighted by molar-refractivity contribution is -0.322. The highest BCUT2D eigenvalue weighted by Gasteiger charge is 2.53. The second-order valence-electron chi connectivity index (χ2n) is 11.2. The highest BCUT2D eigenvalue weighted by molar-refractivity contribution is 5.69. The molecule has 38 heavy (non-hydrogen) atoms. The molecule has 0 aromatic carbocycles. The van der Waals surface area contributed by atoms with E-state index in [4.69, 9.17) is 14.2 Å². The lowest BCUT2D eigenvalue weighted by atomic mass is 9.84. The molecule has 0 bridgehead atoms. The second-order valence-corrected chi connectivity index (χ2v) is 11.2. The van der Waals surface area contributed by atoms with Gasteiger partial charge in [0.1, 0.15) is 48.8 Å². The Labute approximate surface area is 225 Å². The SMILES string of the molecule is CC(C)CCCCCCCCCCCCC(=O)O[C@@H]1[C@H](O)[C@@H](O)[C@H](O)[C@@H](O)[C@@H]1O[C@@H]1OC[C@@H](O)[C@H](O)[C@@H]1O. The number of hydrogen-bond acceptors (Lipinski definition) is 11. The Kier molecular flexibility index (Phi) is 14.9. The lowest BCUT2D eigenvalue weighted by Gasteiger charge is -2.45. The van der Waals surface area contributed by atoms with Crippen molar-refractivity contribution in [2.24, 2.45) is 5.92 Å². The van der Waals surface area contributed by atoms with E-state index in [1.54, 1.807) is 0 Å². The van der Waals surface area contributed by atoms with Crippen molar-refractivity contribution in [2.45, 2.75) is 152 Å². The van der Waals surface area contributed by atoms with Gasteiger partial charge in [0.2, 0.25) is 0 Å². The number of rotatable bonds is 16. The van der Waals surface area contributed by atoms with E-state index in [2.05, 4.69) is 13.8 Å². The van der Waals surface area contributed by atoms with E-state index in [0.717, 1.165) is 25.2 Å². The molecule has 1 aliphatic heterocycles. The van der Waals surface area contributed by atoms with Crippen LogP contribution in [0.5, 0.6) is 0 Å². The third kappa shape index (κ3) is 10.3. The first-order valence-electron chi connectivity index (χ1n) is 14.3. The summed E-state index contributed by atoms with van der Waals surface area (Å²) >= 11 is 0. The third-order valence-corrected chi connectivity index (χ3v) is 7.47. The van der Waals surface area contributed by atoms with Gasteiger partial charge in [0.05, 0.1) is 6.61 Å². The molecule has 1 saturated heterocycles. The van der Waals surface area contributed by atoms with Gasteiger partial charge in [-0.15, -0.1) is 0 Å². The van der Waals surface area contributed by atoms with Gasteiger partial charge >= 0.3 is 5.97 Å². The van der Waals surface area contributed by atoms with Gasteiger partial charge < -0.3 is 50.0 Å². The molecule has 11 heteroatoms. The van der Waals surface area contributed by atoms with Gasteiger partial charge in [0.15, 0.2) is 12.4 Å². The van der Waals surface area contributed by atoms with E-state index in [0.29, 0.717) is 6.42 Å². The topological polar surface area (TPSA) is 186 Å². The van der Waals surface area contributed by atoms with Crippen LogP contribution in [0.4, 0.5) is 0 Å².